The molecule has 0 unspecified atom stereocenters. The maximum absolute atomic E-state index is 13.6. The Morgan fingerprint density at radius 1 is 1.31 bits per heavy atom. The monoisotopic (exact) mass is 398 g/mol. The summed E-state index contributed by atoms with van der Waals surface area (Å²) >= 11 is 0. The topological polar surface area (TPSA) is 89.6 Å². The number of anilines is 1. The minimum atomic E-state index is -1.11. The van der Waals surface area contributed by atoms with E-state index in [1.165, 1.54) is 11.0 Å². The van der Waals surface area contributed by atoms with Gasteiger partial charge in [0.25, 0.3) is 0 Å². The van der Waals surface area contributed by atoms with Crippen LogP contribution >= 0.6 is 0 Å². The molecule has 1 aromatic heterocycles. The van der Waals surface area contributed by atoms with Gasteiger partial charge in [-0.3, -0.25) is 9.69 Å². The maximum atomic E-state index is 13.6. The largest absolute Gasteiger partial charge is 0.423 e. The summed E-state index contributed by atoms with van der Waals surface area (Å²) in [6, 6.07) is 10.4. The van der Waals surface area contributed by atoms with Crippen LogP contribution in [0.1, 0.15) is 19.3 Å². The number of carbonyl (C=O) groups is 1. The van der Waals surface area contributed by atoms with Crippen molar-refractivity contribution in [3.05, 3.63) is 40.8 Å². The number of piperidine rings is 1. The third kappa shape index (κ3) is 4.25. The fourth-order valence-corrected chi connectivity index (χ4v) is 4.15. The number of para-hydroxylation sites is 1. The number of alkyl halides is 1. The molecule has 2 aliphatic rings. The third-order valence-corrected chi connectivity index (χ3v) is 5.68. The molecular weight excluding hydrogens is 375 g/mol. The molecule has 1 N–H and O–H groups in total. The molecule has 152 valence electrons. The van der Waals surface area contributed by atoms with Crippen LogP contribution in [0.2, 0.25) is 0 Å². The second-order valence-corrected chi connectivity index (χ2v) is 7.69. The van der Waals surface area contributed by atoms with Gasteiger partial charge in [0.2, 0.25) is 5.91 Å². The van der Waals surface area contributed by atoms with Crippen LogP contribution in [0, 0.1) is 11.3 Å². The summed E-state index contributed by atoms with van der Waals surface area (Å²) in [5.41, 5.74) is 0.918. The molecule has 0 spiro atoms. The number of hydrogen-bond acceptors (Lipinski definition) is 6. The predicted octanol–water partition coefficient (Wildman–Crippen LogP) is 2.13. The first-order chi connectivity index (χ1) is 14.0. The number of carbonyl (C=O) groups excluding carboxylic acids is 1. The van der Waals surface area contributed by atoms with Gasteiger partial charge >= 0.3 is 5.63 Å². The number of nitrogens with zero attached hydrogens (tertiary/aromatic N) is 3. The summed E-state index contributed by atoms with van der Waals surface area (Å²) < 4.78 is 18.8. The lowest BCUT2D eigenvalue weighted by Gasteiger charge is -2.33. The van der Waals surface area contributed by atoms with Crippen LogP contribution in [-0.4, -0.2) is 60.1 Å². The van der Waals surface area contributed by atoms with E-state index in [1.54, 1.807) is 6.07 Å². The molecule has 1 aromatic carbocycles. The highest BCUT2D eigenvalue weighted by molar-refractivity contribution is 5.89. The fraction of sp³-hybridized carbons (Fsp3) is 0.476. The molecule has 2 fully saturated rings. The fourth-order valence-electron chi connectivity index (χ4n) is 4.15. The molecule has 4 rings (SSSR count). The standard InChI is InChI=1S/C21H23FN4O3/c22-14-9-16(11-23)26(12-14)20(27)13-25-7-5-15(6-8-25)24-18-10-21(28)29-19-4-2-1-3-17(18)19/h1-4,10,14-16,24H,5-9,12-13H2/t14-,16-/m0/s1. The number of halogens is 1. The summed E-state index contributed by atoms with van der Waals surface area (Å²) in [5.74, 6) is -0.185. The van der Waals surface area contributed by atoms with Crippen molar-refractivity contribution in [1.82, 2.24) is 9.80 Å². The van der Waals surface area contributed by atoms with Crippen LogP contribution in [0.25, 0.3) is 11.0 Å². The molecular formula is C21H23FN4O3. The summed E-state index contributed by atoms with van der Waals surface area (Å²) in [7, 11) is 0. The molecule has 3 heterocycles. The Morgan fingerprint density at radius 3 is 2.83 bits per heavy atom. The number of hydrogen-bond donors (Lipinski definition) is 1. The van der Waals surface area contributed by atoms with Gasteiger partial charge in [-0.1, -0.05) is 12.1 Å². The van der Waals surface area contributed by atoms with Crippen molar-refractivity contribution in [2.45, 2.75) is 37.5 Å². The van der Waals surface area contributed by atoms with E-state index in [0.717, 1.165) is 23.9 Å². The van der Waals surface area contributed by atoms with Gasteiger partial charge in [0.1, 0.15) is 17.8 Å². The third-order valence-electron chi connectivity index (χ3n) is 5.68. The van der Waals surface area contributed by atoms with Crippen molar-refractivity contribution in [1.29, 1.82) is 5.26 Å². The molecule has 2 atom stereocenters. The quantitative estimate of drug-likeness (QED) is 0.794. The minimum absolute atomic E-state index is 0.0126. The summed E-state index contributed by atoms with van der Waals surface area (Å²) in [5, 5.41) is 13.4. The number of fused-ring (bicyclic) bond motifs is 1. The van der Waals surface area contributed by atoms with Crippen LogP contribution in [0.15, 0.2) is 39.5 Å². The van der Waals surface area contributed by atoms with E-state index < -0.39 is 17.8 Å². The van der Waals surface area contributed by atoms with E-state index in [1.807, 2.05) is 29.2 Å². The highest BCUT2D eigenvalue weighted by Gasteiger charge is 2.36. The number of likely N-dealkylation sites (tertiary alicyclic amines) is 2. The second kappa shape index (κ2) is 8.21. The lowest BCUT2D eigenvalue weighted by molar-refractivity contribution is -0.132. The normalized spacial score (nSPS) is 23.2. The number of benzene rings is 1. The van der Waals surface area contributed by atoms with Crippen molar-refractivity contribution in [3.8, 4) is 6.07 Å². The van der Waals surface area contributed by atoms with Gasteiger partial charge in [0, 0.05) is 37.0 Å². The van der Waals surface area contributed by atoms with Gasteiger partial charge in [-0.25, -0.2) is 9.18 Å². The van der Waals surface area contributed by atoms with Gasteiger partial charge in [0.15, 0.2) is 0 Å². The average Bonchev–Trinajstić information content (AvgIpc) is 3.10. The maximum Gasteiger partial charge on any atom is 0.338 e. The molecule has 0 radical (unpaired) electrons. The van der Waals surface area contributed by atoms with Gasteiger partial charge in [-0.15, -0.1) is 0 Å². The average molecular weight is 398 g/mol. The zero-order valence-electron chi connectivity index (χ0n) is 16.0. The van der Waals surface area contributed by atoms with Gasteiger partial charge in [-0.05, 0) is 25.0 Å². The van der Waals surface area contributed by atoms with Crippen molar-refractivity contribution < 1.29 is 13.6 Å². The molecule has 2 aliphatic heterocycles. The molecule has 1 amide bonds. The highest BCUT2D eigenvalue weighted by Crippen LogP contribution is 2.25. The van der Waals surface area contributed by atoms with E-state index in [2.05, 4.69) is 5.32 Å². The summed E-state index contributed by atoms with van der Waals surface area (Å²) in [6.07, 6.45) is 0.620. The van der Waals surface area contributed by atoms with Crippen LogP contribution in [0.4, 0.5) is 10.1 Å². The Labute approximate surface area is 167 Å². The van der Waals surface area contributed by atoms with E-state index in [4.69, 9.17) is 9.68 Å². The smallest absolute Gasteiger partial charge is 0.338 e. The van der Waals surface area contributed by atoms with Crippen LogP contribution in [0.3, 0.4) is 0 Å². The Bertz CT molecular complexity index is 993. The first-order valence-corrected chi connectivity index (χ1v) is 9.88. The second-order valence-electron chi connectivity index (χ2n) is 7.69. The summed E-state index contributed by atoms with van der Waals surface area (Å²) in [6.45, 7) is 1.65. The van der Waals surface area contributed by atoms with Crippen molar-refractivity contribution >= 4 is 22.6 Å². The molecule has 7 nitrogen and oxygen atoms in total. The van der Waals surface area contributed by atoms with Crippen molar-refractivity contribution in [2.75, 3.05) is 31.5 Å². The SMILES string of the molecule is N#C[C@@H]1C[C@H](F)CN1C(=O)CN1CCC(Nc2cc(=O)oc3ccccc23)CC1. The molecule has 8 heteroatoms. The van der Waals surface area contributed by atoms with Crippen LogP contribution < -0.4 is 10.9 Å². The lowest BCUT2D eigenvalue weighted by Crippen LogP contribution is -2.46. The van der Waals surface area contributed by atoms with E-state index >= 15 is 0 Å². The Morgan fingerprint density at radius 2 is 2.07 bits per heavy atom. The first-order valence-electron chi connectivity index (χ1n) is 9.88. The zero-order chi connectivity index (χ0) is 20.4. The van der Waals surface area contributed by atoms with E-state index in [9.17, 15) is 14.0 Å². The Hall–Kier alpha value is -2.92. The lowest BCUT2D eigenvalue weighted by atomic mass is 10.0. The minimum Gasteiger partial charge on any atom is -0.423 e. The van der Waals surface area contributed by atoms with E-state index in [-0.39, 0.29) is 31.5 Å². The van der Waals surface area contributed by atoms with Crippen LogP contribution in [-0.2, 0) is 4.79 Å². The zero-order valence-corrected chi connectivity index (χ0v) is 16.0. The first kappa shape index (κ1) is 19.4. The Balaban J connectivity index is 1.34. The number of amides is 1. The molecule has 2 aromatic rings. The molecule has 0 bridgehead atoms. The molecule has 0 saturated carbocycles. The molecule has 2 saturated heterocycles. The van der Waals surface area contributed by atoms with Crippen molar-refractivity contribution in [3.63, 3.8) is 0 Å². The Kier molecular flexibility index (Phi) is 5.49. The van der Waals surface area contributed by atoms with Crippen LogP contribution in [0.5, 0.6) is 0 Å². The van der Waals surface area contributed by atoms with Gasteiger partial charge in [-0.2, -0.15) is 5.26 Å². The highest BCUT2D eigenvalue weighted by atomic mass is 19.1. The molecule has 0 aliphatic carbocycles. The van der Waals surface area contributed by atoms with Gasteiger partial charge in [0.05, 0.1) is 24.8 Å². The van der Waals surface area contributed by atoms with Crippen molar-refractivity contribution in [2.24, 2.45) is 0 Å². The molecule has 29 heavy (non-hydrogen) atoms. The summed E-state index contributed by atoms with van der Waals surface area (Å²) in [4.78, 5) is 27.7. The number of nitrogens with one attached hydrogen (secondary N) is 1. The van der Waals surface area contributed by atoms with E-state index in [0.29, 0.717) is 18.7 Å². The predicted molar refractivity (Wildman–Crippen MR) is 106 cm³/mol. The number of nitriles is 1. The number of rotatable bonds is 4. The van der Waals surface area contributed by atoms with Gasteiger partial charge < -0.3 is 14.6 Å².